The van der Waals surface area contributed by atoms with Gasteiger partial charge in [0.1, 0.15) is 0 Å². The molecular weight excluding hydrogens is 146 g/mol. The first-order chi connectivity index (χ1) is 4.63. The maximum Gasteiger partial charge on any atom is 0.202 e. The van der Waals surface area contributed by atoms with Crippen LogP contribution in [0.5, 0.6) is 0 Å². The Morgan fingerprint density at radius 2 is 1.40 bits per heavy atom. The average molecular weight is 165 g/mol. The number of alkyl halides is 1. The Labute approximate surface area is 64.5 Å². The predicted molar refractivity (Wildman–Crippen MR) is 49.1 cm³/mol. The fourth-order valence-corrected chi connectivity index (χ4v) is 4.28. The summed E-state index contributed by atoms with van der Waals surface area (Å²) in [4.78, 5) is 0. The van der Waals surface area contributed by atoms with Gasteiger partial charge in [-0.3, -0.25) is 0 Å². The van der Waals surface area contributed by atoms with Crippen molar-refractivity contribution in [2.45, 2.75) is 33.6 Å². The minimum Gasteiger partial charge on any atom is -0.203 e. The van der Waals surface area contributed by atoms with E-state index in [1.54, 1.807) is 6.92 Å². The summed E-state index contributed by atoms with van der Waals surface area (Å²) in [6.45, 7) is 8.09. The second kappa shape index (κ2) is 4.28. The Balaban J connectivity index is 4.15. The van der Waals surface area contributed by atoms with Gasteiger partial charge in [0.2, 0.25) is 5.91 Å². The van der Waals surface area contributed by atoms with E-state index in [1.807, 2.05) is 0 Å². The molecule has 0 aliphatic rings. The van der Waals surface area contributed by atoms with Gasteiger partial charge in [-0.25, -0.2) is 4.39 Å². The molecule has 0 saturated carbocycles. The van der Waals surface area contributed by atoms with E-state index in [4.69, 9.17) is 0 Å². The lowest BCUT2D eigenvalue weighted by Gasteiger charge is -2.24. The summed E-state index contributed by atoms with van der Waals surface area (Å²) in [6, 6.07) is 0. The van der Waals surface area contributed by atoms with Crippen LogP contribution in [0.3, 0.4) is 0 Å². The van der Waals surface area contributed by atoms with Crippen molar-refractivity contribution in [2.24, 2.45) is 0 Å². The van der Waals surface area contributed by atoms with Gasteiger partial charge < -0.3 is 0 Å². The lowest BCUT2D eigenvalue weighted by atomic mass is 10.9. The molecule has 10 heavy (non-hydrogen) atoms. The smallest absolute Gasteiger partial charge is 0.202 e. The topological polar surface area (TPSA) is 0 Å². The van der Waals surface area contributed by atoms with Gasteiger partial charge in [0.05, 0.1) is 18.5 Å². The van der Waals surface area contributed by atoms with Gasteiger partial charge in [-0.2, -0.15) is 0 Å². The maximum absolute atomic E-state index is 13.1. The van der Waals surface area contributed by atoms with E-state index in [-0.39, 0.29) is 0 Å². The molecule has 0 aliphatic heterocycles. The summed E-state index contributed by atoms with van der Waals surface area (Å²) < 4.78 is 13.1. The van der Waals surface area contributed by atoms with Gasteiger partial charge in [0.15, 0.2) is 0 Å². The zero-order valence-corrected chi connectivity index (χ0v) is 8.42. The third-order valence-electron chi connectivity index (χ3n) is 2.64. The van der Waals surface area contributed by atoms with Gasteiger partial charge in [-0.15, -0.1) is 0 Å². The lowest BCUT2D eigenvalue weighted by molar-refractivity contribution is 0.469. The first-order valence-electron chi connectivity index (χ1n) is 4.12. The Hall–Kier alpha value is 0.360. The molecule has 0 aromatic carbocycles. The van der Waals surface area contributed by atoms with Crippen molar-refractivity contribution in [2.75, 3.05) is 18.5 Å². The largest absolute Gasteiger partial charge is 0.203 e. The SMILES string of the molecule is CC[P+](CC)(CC)C(C)F. The molecule has 1 unspecified atom stereocenters. The van der Waals surface area contributed by atoms with Crippen LogP contribution in [0.25, 0.3) is 0 Å². The highest BCUT2D eigenvalue weighted by Gasteiger charge is 2.37. The van der Waals surface area contributed by atoms with E-state index in [2.05, 4.69) is 20.8 Å². The van der Waals surface area contributed by atoms with Crippen LogP contribution < -0.4 is 0 Å². The van der Waals surface area contributed by atoms with E-state index in [1.165, 1.54) is 0 Å². The molecule has 0 aliphatic carbocycles. The normalized spacial score (nSPS) is 15.3. The molecule has 0 heterocycles. The van der Waals surface area contributed by atoms with Crippen molar-refractivity contribution < 1.29 is 4.39 Å². The highest BCUT2D eigenvalue weighted by molar-refractivity contribution is 7.76. The monoisotopic (exact) mass is 165 g/mol. The molecule has 0 radical (unpaired) electrons. The van der Waals surface area contributed by atoms with Crippen LogP contribution in [-0.4, -0.2) is 24.4 Å². The molecule has 0 nitrogen and oxygen atoms in total. The van der Waals surface area contributed by atoms with Crippen molar-refractivity contribution in [3.05, 3.63) is 0 Å². The molecule has 0 rings (SSSR count). The molecule has 0 N–H and O–H groups in total. The summed E-state index contributed by atoms with van der Waals surface area (Å²) in [7, 11) is -1.18. The van der Waals surface area contributed by atoms with Crippen LogP contribution >= 0.6 is 7.26 Å². The van der Waals surface area contributed by atoms with Gasteiger partial charge >= 0.3 is 0 Å². The summed E-state index contributed by atoms with van der Waals surface area (Å²) in [6.07, 6.45) is 3.20. The fraction of sp³-hybridized carbons (Fsp3) is 1.00. The molecule has 0 spiro atoms. The standard InChI is InChI=1S/C8H19FP/c1-5-10(6-2,7-3)8(4)9/h8H,5-7H2,1-4H3/q+1. The second-order valence-corrected chi connectivity index (χ2v) is 7.79. The van der Waals surface area contributed by atoms with Gasteiger partial charge in [0.25, 0.3) is 0 Å². The van der Waals surface area contributed by atoms with E-state index < -0.39 is 13.2 Å². The van der Waals surface area contributed by atoms with E-state index in [0.717, 1.165) is 18.5 Å². The quantitative estimate of drug-likeness (QED) is 0.560. The first kappa shape index (κ1) is 10.4. The molecule has 2 heteroatoms. The zero-order valence-electron chi connectivity index (χ0n) is 7.52. The van der Waals surface area contributed by atoms with Crippen molar-refractivity contribution in [1.82, 2.24) is 0 Å². The average Bonchev–Trinajstić information content (AvgIpc) is 1.92. The van der Waals surface area contributed by atoms with Crippen LogP contribution in [0.15, 0.2) is 0 Å². The highest BCUT2D eigenvalue weighted by atomic mass is 31.2. The molecule has 0 amide bonds. The number of hydrogen-bond acceptors (Lipinski definition) is 0. The second-order valence-electron chi connectivity index (χ2n) is 2.74. The molecular formula is C8H19FP+. The highest BCUT2D eigenvalue weighted by Crippen LogP contribution is 2.62. The van der Waals surface area contributed by atoms with Crippen LogP contribution in [0.2, 0.25) is 0 Å². The maximum atomic E-state index is 13.1. The first-order valence-corrected chi connectivity index (χ1v) is 6.54. The van der Waals surface area contributed by atoms with Gasteiger partial charge in [-0.05, 0) is 20.8 Å². The third kappa shape index (κ3) is 1.92. The molecule has 0 bridgehead atoms. The zero-order chi connectivity index (χ0) is 8.20. The Bertz CT molecular complexity index is 79.0. The summed E-state index contributed by atoms with van der Waals surface area (Å²) in [5.74, 6) is -0.549. The molecule has 0 aromatic rings. The van der Waals surface area contributed by atoms with E-state index in [9.17, 15) is 4.39 Å². The van der Waals surface area contributed by atoms with Crippen molar-refractivity contribution in [3.8, 4) is 0 Å². The lowest BCUT2D eigenvalue weighted by Crippen LogP contribution is -2.11. The van der Waals surface area contributed by atoms with Crippen molar-refractivity contribution in [1.29, 1.82) is 0 Å². The number of hydrogen-bond donors (Lipinski definition) is 0. The van der Waals surface area contributed by atoms with Crippen molar-refractivity contribution in [3.63, 3.8) is 0 Å². The molecule has 62 valence electrons. The molecule has 0 aromatic heterocycles. The third-order valence-corrected chi connectivity index (χ3v) is 7.93. The van der Waals surface area contributed by atoms with Gasteiger partial charge in [0, 0.05) is 14.2 Å². The predicted octanol–water partition coefficient (Wildman–Crippen LogP) is 3.38. The molecule has 0 saturated heterocycles. The van der Waals surface area contributed by atoms with Crippen molar-refractivity contribution >= 4 is 7.26 Å². The van der Waals surface area contributed by atoms with Gasteiger partial charge in [-0.1, -0.05) is 0 Å². The Morgan fingerprint density at radius 3 is 1.40 bits per heavy atom. The number of halogens is 1. The van der Waals surface area contributed by atoms with Crippen LogP contribution in [0, 0.1) is 0 Å². The van der Waals surface area contributed by atoms with Crippen LogP contribution in [0.4, 0.5) is 4.39 Å². The minimum atomic E-state index is -1.18. The minimum absolute atomic E-state index is 0.549. The molecule has 0 fully saturated rings. The summed E-state index contributed by atoms with van der Waals surface area (Å²) in [5.41, 5.74) is 0. The summed E-state index contributed by atoms with van der Waals surface area (Å²) in [5, 5.41) is 0. The fourth-order valence-electron chi connectivity index (χ4n) is 1.43. The number of rotatable bonds is 4. The Morgan fingerprint density at radius 1 is 1.10 bits per heavy atom. The van der Waals surface area contributed by atoms with E-state index in [0.29, 0.717) is 0 Å². The van der Waals surface area contributed by atoms with Crippen LogP contribution in [0.1, 0.15) is 27.7 Å². The van der Waals surface area contributed by atoms with Crippen LogP contribution in [-0.2, 0) is 0 Å². The Kier molecular flexibility index (Phi) is 4.44. The molecule has 1 atom stereocenters. The van der Waals surface area contributed by atoms with E-state index >= 15 is 0 Å². The summed E-state index contributed by atoms with van der Waals surface area (Å²) >= 11 is 0.